The minimum atomic E-state index is -0.296. The van der Waals surface area contributed by atoms with E-state index in [-0.39, 0.29) is 10.6 Å². The second kappa shape index (κ2) is 3.32. The number of anilines is 1. The van der Waals surface area contributed by atoms with Crippen LogP contribution in [0.3, 0.4) is 0 Å². The molecule has 2 aromatic carbocycles. The second-order valence-electron chi connectivity index (χ2n) is 5.01. The first-order chi connectivity index (χ1) is 9.16. The molecule has 0 saturated carbocycles. The van der Waals surface area contributed by atoms with E-state index >= 15 is 0 Å². The molecule has 0 unspecified atom stereocenters. The first-order valence-electron chi connectivity index (χ1n) is 6.19. The Morgan fingerprint density at radius 1 is 1.26 bits per heavy atom. The zero-order chi connectivity index (χ0) is 13.1. The van der Waals surface area contributed by atoms with Gasteiger partial charge in [-0.1, -0.05) is 6.07 Å². The van der Waals surface area contributed by atoms with Crippen LogP contribution in [-0.2, 0) is 12.8 Å². The van der Waals surface area contributed by atoms with Gasteiger partial charge in [0.1, 0.15) is 5.69 Å². The minimum absolute atomic E-state index is 0.177. The number of benzene rings is 2. The summed E-state index contributed by atoms with van der Waals surface area (Å²) in [6, 6.07) is 5.78. The normalized spacial score (nSPS) is 15.3. The van der Waals surface area contributed by atoms with Gasteiger partial charge in [-0.05, 0) is 35.4 Å². The van der Waals surface area contributed by atoms with Crippen LogP contribution in [0.15, 0.2) is 23.2 Å². The summed E-state index contributed by atoms with van der Waals surface area (Å²) in [5.74, 6) is 0. The largest absolute Gasteiger partial charge is 0.329 e. The molecule has 2 aliphatic rings. The number of aliphatic imine (C=N–C) groups is 1. The van der Waals surface area contributed by atoms with Crippen LogP contribution in [0, 0.1) is 10.1 Å². The van der Waals surface area contributed by atoms with E-state index in [2.05, 4.69) is 11.1 Å². The summed E-state index contributed by atoms with van der Waals surface area (Å²) >= 11 is 0. The molecule has 0 saturated heterocycles. The van der Waals surface area contributed by atoms with Crippen molar-refractivity contribution in [3.8, 4) is 0 Å². The van der Waals surface area contributed by atoms with E-state index in [4.69, 9.17) is 0 Å². The van der Waals surface area contributed by atoms with Crippen molar-refractivity contribution in [1.82, 2.24) is 0 Å². The fourth-order valence-corrected chi connectivity index (χ4v) is 3.16. The highest BCUT2D eigenvalue weighted by Crippen LogP contribution is 2.47. The van der Waals surface area contributed by atoms with Crippen molar-refractivity contribution in [3.63, 3.8) is 0 Å². The summed E-state index contributed by atoms with van der Waals surface area (Å²) < 4.78 is 0. The molecular formula is C14H11N3O2. The predicted octanol–water partition coefficient (Wildman–Crippen LogP) is 2.96. The van der Waals surface area contributed by atoms with Gasteiger partial charge in [0.25, 0.3) is 5.69 Å². The van der Waals surface area contributed by atoms with Gasteiger partial charge in [0.2, 0.25) is 0 Å². The fourth-order valence-electron chi connectivity index (χ4n) is 3.16. The van der Waals surface area contributed by atoms with Crippen molar-refractivity contribution >= 4 is 34.2 Å². The van der Waals surface area contributed by atoms with E-state index in [9.17, 15) is 10.1 Å². The molecule has 5 heteroatoms. The van der Waals surface area contributed by atoms with E-state index in [0.717, 1.165) is 29.5 Å². The number of hydrogen-bond acceptors (Lipinski definition) is 4. The molecule has 1 heterocycles. The summed E-state index contributed by atoms with van der Waals surface area (Å²) in [6.07, 6.45) is 3.48. The summed E-state index contributed by atoms with van der Waals surface area (Å²) in [5, 5.41) is 13.4. The van der Waals surface area contributed by atoms with Gasteiger partial charge >= 0.3 is 0 Å². The standard InChI is InChI=1S/C14H11N3O2/c1-16-7-15-10-5-4-8-2-3-9-6-11(17(18)19)14(16)13(10)12(8)9/h4-7H,2-3H2,1H3. The zero-order valence-electron chi connectivity index (χ0n) is 10.4. The zero-order valence-corrected chi connectivity index (χ0v) is 10.4. The maximum Gasteiger partial charge on any atom is 0.293 e. The average molecular weight is 253 g/mol. The molecule has 1 aliphatic carbocycles. The van der Waals surface area contributed by atoms with E-state index in [1.165, 1.54) is 10.9 Å². The number of rotatable bonds is 1. The Labute approximate surface area is 109 Å². The molecule has 94 valence electrons. The van der Waals surface area contributed by atoms with Gasteiger partial charge in [0.05, 0.1) is 16.9 Å². The van der Waals surface area contributed by atoms with Crippen LogP contribution >= 0.6 is 0 Å². The van der Waals surface area contributed by atoms with Crippen molar-refractivity contribution in [2.45, 2.75) is 12.8 Å². The summed E-state index contributed by atoms with van der Waals surface area (Å²) in [5.41, 5.74) is 4.02. The van der Waals surface area contributed by atoms with E-state index < -0.39 is 0 Å². The third-order valence-electron chi connectivity index (χ3n) is 3.96. The molecule has 0 atom stereocenters. The SMILES string of the molecule is CN1C=Nc2ccc3c4c(cc([N+](=O)[O-])c1c24)CC3. The Morgan fingerprint density at radius 2 is 2.05 bits per heavy atom. The molecule has 0 fully saturated rings. The van der Waals surface area contributed by atoms with Crippen molar-refractivity contribution in [3.05, 3.63) is 39.4 Å². The molecule has 19 heavy (non-hydrogen) atoms. The third kappa shape index (κ3) is 1.22. The lowest BCUT2D eigenvalue weighted by Crippen LogP contribution is -2.18. The second-order valence-corrected chi connectivity index (χ2v) is 5.01. The number of aryl methyl sites for hydroxylation is 2. The maximum atomic E-state index is 11.3. The van der Waals surface area contributed by atoms with Gasteiger partial charge in [-0.15, -0.1) is 0 Å². The van der Waals surface area contributed by atoms with Crippen LogP contribution < -0.4 is 4.90 Å². The summed E-state index contributed by atoms with van der Waals surface area (Å²) in [4.78, 5) is 17.2. The minimum Gasteiger partial charge on any atom is -0.329 e. The highest BCUT2D eigenvalue weighted by molar-refractivity contribution is 6.14. The maximum absolute atomic E-state index is 11.3. The van der Waals surface area contributed by atoms with E-state index in [0.29, 0.717) is 5.69 Å². The van der Waals surface area contributed by atoms with Gasteiger partial charge in [0.15, 0.2) is 0 Å². The lowest BCUT2D eigenvalue weighted by Gasteiger charge is -2.22. The number of nitro benzene ring substituents is 1. The molecule has 2 aromatic rings. The predicted molar refractivity (Wildman–Crippen MR) is 74.6 cm³/mol. The molecule has 0 aromatic heterocycles. The van der Waals surface area contributed by atoms with Crippen LogP contribution in [-0.4, -0.2) is 18.3 Å². The average Bonchev–Trinajstić information content (AvgIpc) is 2.82. The van der Waals surface area contributed by atoms with Crippen molar-refractivity contribution in [2.75, 3.05) is 11.9 Å². The summed E-state index contributed by atoms with van der Waals surface area (Å²) in [6.45, 7) is 0. The number of nitrogens with zero attached hydrogens (tertiary/aromatic N) is 3. The van der Waals surface area contributed by atoms with Crippen LogP contribution in [0.1, 0.15) is 11.1 Å². The fraction of sp³-hybridized carbons (Fsp3) is 0.214. The quantitative estimate of drug-likeness (QED) is 0.580. The van der Waals surface area contributed by atoms with E-state index in [1.807, 2.05) is 6.07 Å². The molecule has 5 nitrogen and oxygen atoms in total. The molecule has 1 aliphatic heterocycles. The molecule has 0 spiro atoms. The molecule has 0 radical (unpaired) electrons. The molecule has 0 amide bonds. The summed E-state index contributed by atoms with van der Waals surface area (Å²) in [7, 11) is 1.80. The molecular weight excluding hydrogens is 242 g/mol. The third-order valence-corrected chi connectivity index (χ3v) is 3.96. The van der Waals surface area contributed by atoms with Crippen molar-refractivity contribution in [1.29, 1.82) is 0 Å². The number of nitro groups is 1. The van der Waals surface area contributed by atoms with Crippen LogP contribution in [0.25, 0.3) is 10.8 Å². The van der Waals surface area contributed by atoms with E-state index in [1.54, 1.807) is 24.4 Å². The Balaban J connectivity index is 2.26. The van der Waals surface area contributed by atoms with Gasteiger partial charge in [-0.2, -0.15) is 0 Å². The highest BCUT2D eigenvalue weighted by Gasteiger charge is 2.29. The van der Waals surface area contributed by atoms with Crippen molar-refractivity contribution in [2.24, 2.45) is 4.99 Å². The lowest BCUT2D eigenvalue weighted by atomic mass is 9.99. The molecule has 0 N–H and O–H groups in total. The Bertz CT molecular complexity index is 780. The van der Waals surface area contributed by atoms with Crippen LogP contribution in [0.4, 0.5) is 17.1 Å². The lowest BCUT2D eigenvalue weighted by molar-refractivity contribution is -0.384. The smallest absolute Gasteiger partial charge is 0.293 e. The van der Waals surface area contributed by atoms with Crippen molar-refractivity contribution < 1.29 is 4.92 Å². The van der Waals surface area contributed by atoms with Gasteiger partial charge in [-0.25, -0.2) is 4.99 Å². The number of hydrogen-bond donors (Lipinski definition) is 0. The molecule has 4 rings (SSSR count). The van der Waals surface area contributed by atoms with Gasteiger partial charge < -0.3 is 4.90 Å². The Hall–Kier alpha value is -2.43. The highest BCUT2D eigenvalue weighted by atomic mass is 16.6. The van der Waals surface area contributed by atoms with Gasteiger partial charge in [0, 0.05) is 18.5 Å². The van der Waals surface area contributed by atoms with Gasteiger partial charge in [-0.3, -0.25) is 10.1 Å². The van der Waals surface area contributed by atoms with Crippen LogP contribution in [0.5, 0.6) is 0 Å². The van der Waals surface area contributed by atoms with Crippen LogP contribution in [0.2, 0.25) is 0 Å². The molecule has 0 bridgehead atoms. The first kappa shape index (κ1) is 10.5. The Kier molecular flexibility index (Phi) is 1.83. The first-order valence-corrected chi connectivity index (χ1v) is 6.19. The monoisotopic (exact) mass is 253 g/mol. The topological polar surface area (TPSA) is 58.7 Å². The Morgan fingerprint density at radius 3 is 2.84 bits per heavy atom.